The van der Waals surface area contributed by atoms with Crippen LogP contribution in [0.25, 0.3) is 10.2 Å². The third kappa shape index (κ3) is 2.72. The van der Waals surface area contributed by atoms with Gasteiger partial charge in [0, 0.05) is 11.4 Å². The molecular weight excluding hydrogens is 274 g/mol. The van der Waals surface area contributed by atoms with Crippen molar-refractivity contribution in [3.05, 3.63) is 16.8 Å². The Hall–Kier alpha value is -0.810. The first kappa shape index (κ1) is 13.2. The number of fused-ring (bicyclic) bond motifs is 1. The fourth-order valence-electron chi connectivity index (χ4n) is 2.51. The predicted octanol–water partition coefficient (Wildman–Crippen LogP) is 3.86. The number of thiophene rings is 1. The fraction of sp³-hybridized carbons (Fsp3) is 0.571. The Labute approximate surface area is 122 Å². The highest BCUT2D eigenvalue weighted by atomic mass is 32.2. The molecule has 2 aromatic rings. The first-order valence-corrected chi connectivity index (χ1v) is 8.75. The number of aromatic nitrogens is 2. The quantitative estimate of drug-likeness (QED) is 0.932. The average Bonchev–Trinajstić information content (AvgIpc) is 2.74. The largest absolute Gasteiger partial charge is 0.369 e. The van der Waals surface area contributed by atoms with E-state index in [0.717, 1.165) is 23.1 Å². The van der Waals surface area contributed by atoms with Gasteiger partial charge in [-0.1, -0.05) is 0 Å². The van der Waals surface area contributed by atoms with Crippen LogP contribution >= 0.6 is 23.1 Å². The Bertz CT molecular complexity index is 573. The lowest BCUT2D eigenvalue weighted by molar-refractivity contribution is 0.515. The number of hydrogen-bond acceptors (Lipinski definition) is 5. The van der Waals surface area contributed by atoms with Crippen LogP contribution in [-0.4, -0.2) is 28.0 Å². The molecule has 1 fully saturated rings. The van der Waals surface area contributed by atoms with E-state index in [0.29, 0.717) is 0 Å². The van der Waals surface area contributed by atoms with Gasteiger partial charge in [0.05, 0.1) is 5.39 Å². The monoisotopic (exact) mass is 293 g/mol. The smallest absolute Gasteiger partial charge is 0.138 e. The lowest BCUT2D eigenvalue weighted by atomic mass is 10.0. The molecule has 2 aromatic heterocycles. The molecule has 0 atom stereocenters. The fourth-order valence-corrected chi connectivity index (χ4v) is 4.71. The molecular formula is C14H19N3S2. The zero-order chi connectivity index (χ0) is 13.2. The van der Waals surface area contributed by atoms with Crippen molar-refractivity contribution in [2.45, 2.75) is 26.7 Å². The van der Waals surface area contributed by atoms with Crippen LogP contribution in [0.1, 0.15) is 23.3 Å². The van der Waals surface area contributed by atoms with E-state index in [4.69, 9.17) is 0 Å². The Morgan fingerprint density at radius 1 is 1.26 bits per heavy atom. The molecule has 0 amide bonds. The van der Waals surface area contributed by atoms with Gasteiger partial charge in [-0.2, -0.15) is 11.8 Å². The van der Waals surface area contributed by atoms with Gasteiger partial charge in [0.25, 0.3) is 0 Å². The summed E-state index contributed by atoms with van der Waals surface area (Å²) in [7, 11) is 0. The van der Waals surface area contributed by atoms with Crippen molar-refractivity contribution in [2.24, 2.45) is 5.92 Å². The number of nitrogens with zero attached hydrogens (tertiary/aromatic N) is 2. The van der Waals surface area contributed by atoms with Crippen molar-refractivity contribution in [1.82, 2.24) is 9.97 Å². The molecule has 19 heavy (non-hydrogen) atoms. The number of rotatable bonds is 3. The van der Waals surface area contributed by atoms with Crippen LogP contribution in [0.15, 0.2) is 6.33 Å². The maximum atomic E-state index is 4.44. The maximum Gasteiger partial charge on any atom is 0.138 e. The van der Waals surface area contributed by atoms with E-state index in [9.17, 15) is 0 Å². The van der Waals surface area contributed by atoms with Crippen molar-refractivity contribution >= 4 is 39.1 Å². The maximum absolute atomic E-state index is 4.44. The molecule has 0 bridgehead atoms. The van der Waals surface area contributed by atoms with E-state index >= 15 is 0 Å². The molecule has 1 aliphatic heterocycles. The van der Waals surface area contributed by atoms with Gasteiger partial charge in [-0.25, -0.2) is 9.97 Å². The van der Waals surface area contributed by atoms with E-state index in [2.05, 4.69) is 40.9 Å². The van der Waals surface area contributed by atoms with E-state index in [1.165, 1.54) is 40.2 Å². The summed E-state index contributed by atoms with van der Waals surface area (Å²) in [5.41, 5.74) is 1.32. The molecule has 1 saturated heterocycles. The van der Waals surface area contributed by atoms with E-state index in [1.807, 2.05) is 0 Å². The van der Waals surface area contributed by atoms with Crippen molar-refractivity contribution in [1.29, 1.82) is 0 Å². The highest BCUT2D eigenvalue weighted by Crippen LogP contribution is 2.33. The Morgan fingerprint density at radius 2 is 2.05 bits per heavy atom. The van der Waals surface area contributed by atoms with Gasteiger partial charge in [-0.3, -0.25) is 0 Å². The molecule has 0 spiro atoms. The molecule has 1 aliphatic rings. The summed E-state index contributed by atoms with van der Waals surface area (Å²) in [6.07, 6.45) is 4.33. The molecule has 0 unspecified atom stereocenters. The minimum Gasteiger partial charge on any atom is -0.369 e. The Balaban J connectivity index is 1.80. The van der Waals surface area contributed by atoms with Crippen LogP contribution in [0.5, 0.6) is 0 Å². The summed E-state index contributed by atoms with van der Waals surface area (Å²) in [5.74, 6) is 4.43. The predicted molar refractivity (Wildman–Crippen MR) is 85.4 cm³/mol. The third-order valence-electron chi connectivity index (χ3n) is 3.86. The van der Waals surface area contributed by atoms with E-state index in [-0.39, 0.29) is 0 Å². The molecule has 3 nitrogen and oxygen atoms in total. The summed E-state index contributed by atoms with van der Waals surface area (Å²) in [6.45, 7) is 5.37. The van der Waals surface area contributed by atoms with Crippen molar-refractivity contribution in [3.8, 4) is 0 Å². The van der Waals surface area contributed by atoms with Crippen LogP contribution < -0.4 is 5.32 Å². The standard InChI is InChI=1S/C14H19N3S2/c1-9-10(2)19-14-12(9)13(16-8-17-14)15-7-11-3-5-18-6-4-11/h8,11H,3-7H2,1-2H3,(H,15,16,17). The van der Waals surface area contributed by atoms with Gasteiger partial charge in [0.1, 0.15) is 17.0 Å². The highest BCUT2D eigenvalue weighted by molar-refractivity contribution is 7.99. The molecule has 5 heteroatoms. The van der Waals surface area contributed by atoms with E-state index in [1.54, 1.807) is 17.7 Å². The van der Waals surface area contributed by atoms with Crippen LogP contribution in [0.4, 0.5) is 5.82 Å². The number of aryl methyl sites for hydroxylation is 2. The minimum absolute atomic E-state index is 0.798. The van der Waals surface area contributed by atoms with Crippen LogP contribution in [0.3, 0.4) is 0 Å². The van der Waals surface area contributed by atoms with Gasteiger partial charge in [0.2, 0.25) is 0 Å². The van der Waals surface area contributed by atoms with Crippen molar-refractivity contribution in [2.75, 3.05) is 23.4 Å². The summed E-state index contributed by atoms with van der Waals surface area (Å²) < 4.78 is 0. The van der Waals surface area contributed by atoms with Gasteiger partial charge in [-0.15, -0.1) is 11.3 Å². The highest BCUT2D eigenvalue weighted by Gasteiger charge is 2.16. The average molecular weight is 293 g/mol. The summed E-state index contributed by atoms with van der Waals surface area (Å²) >= 11 is 3.84. The lowest BCUT2D eigenvalue weighted by Crippen LogP contribution is -2.19. The zero-order valence-corrected chi connectivity index (χ0v) is 13.0. The minimum atomic E-state index is 0.798. The first-order valence-electron chi connectivity index (χ1n) is 6.78. The van der Waals surface area contributed by atoms with Gasteiger partial charge in [0.15, 0.2) is 0 Å². The third-order valence-corrected chi connectivity index (χ3v) is 6.03. The molecule has 0 saturated carbocycles. The Kier molecular flexibility index (Phi) is 3.93. The van der Waals surface area contributed by atoms with Crippen molar-refractivity contribution in [3.63, 3.8) is 0 Å². The van der Waals surface area contributed by atoms with Crippen LogP contribution in [-0.2, 0) is 0 Å². The van der Waals surface area contributed by atoms with Crippen molar-refractivity contribution < 1.29 is 0 Å². The molecule has 1 N–H and O–H groups in total. The number of anilines is 1. The second-order valence-electron chi connectivity index (χ2n) is 5.12. The van der Waals surface area contributed by atoms with E-state index < -0.39 is 0 Å². The van der Waals surface area contributed by atoms with Gasteiger partial charge >= 0.3 is 0 Å². The topological polar surface area (TPSA) is 37.8 Å². The number of thioether (sulfide) groups is 1. The SMILES string of the molecule is Cc1sc2ncnc(NCC3CCSCC3)c2c1C. The van der Waals surface area contributed by atoms with Crippen LogP contribution in [0, 0.1) is 19.8 Å². The number of hydrogen-bond donors (Lipinski definition) is 1. The normalized spacial score (nSPS) is 16.9. The zero-order valence-electron chi connectivity index (χ0n) is 11.4. The Morgan fingerprint density at radius 3 is 2.84 bits per heavy atom. The summed E-state index contributed by atoms with van der Waals surface area (Å²) in [4.78, 5) is 11.3. The molecule has 102 valence electrons. The van der Waals surface area contributed by atoms with Crippen LogP contribution in [0.2, 0.25) is 0 Å². The molecule has 3 rings (SSSR count). The number of nitrogens with one attached hydrogen (secondary N) is 1. The second kappa shape index (κ2) is 5.67. The second-order valence-corrected chi connectivity index (χ2v) is 7.55. The molecule has 3 heterocycles. The molecule has 0 aromatic carbocycles. The summed E-state index contributed by atoms with van der Waals surface area (Å²) in [6, 6.07) is 0. The lowest BCUT2D eigenvalue weighted by Gasteiger charge is -2.21. The molecule has 0 aliphatic carbocycles. The van der Waals surface area contributed by atoms with Gasteiger partial charge in [-0.05, 0) is 49.7 Å². The summed E-state index contributed by atoms with van der Waals surface area (Å²) in [5, 5.41) is 4.78. The molecule has 0 radical (unpaired) electrons. The first-order chi connectivity index (χ1) is 9.25. The van der Waals surface area contributed by atoms with Gasteiger partial charge < -0.3 is 5.32 Å².